The number of nitrogens with zero attached hydrogens (tertiary/aromatic N) is 2. The number of carbonyl (C=O) groups excluding carboxylic acids is 2. The molecule has 1 aliphatic heterocycles. The van der Waals surface area contributed by atoms with Crippen LogP contribution in [0.4, 0.5) is 0 Å². The fraction of sp³-hybridized carbons (Fsp3) is 0.846. The molecule has 118 valence electrons. The van der Waals surface area contributed by atoms with Crippen LogP contribution in [0.2, 0.25) is 0 Å². The van der Waals surface area contributed by atoms with Crippen LogP contribution in [0.3, 0.4) is 0 Å². The molecule has 2 N–H and O–H groups in total. The van der Waals surface area contributed by atoms with Gasteiger partial charge in [0.05, 0.1) is 25.3 Å². The number of hydrogen-bond acceptors (Lipinski definition) is 4. The van der Waals surface area contributed by atoms with E-state index in [-0.39, 0.29) is 30.8 Å². The largest absolute Gasteiger partial charge is 0.378 e. The lowest BCUT2D eigenvalue weighted by Crippen LogP contribution is -2.54. The number of amides is 2. The van der Waals surface area contributed by atoms with E-state index < -0.39 is 5.54 Å². The Kier molecular flexibility index (Phi) is 8.08. The molecule has 1 rings (SSSR count). The summed E-state index contributed by atoms with van der Waals surface area (Å²) in [5.41, 5.74) is 5.10. The Hall–Kier alpha value is -0.850. The molecule has 1 fully saturated rings. The molecule has 0 aromatic rings. The lowest BCUT2D eigenvalue weighted by Gasteiger charge is -2.32. The van der Waals surface area contributed by atoms with Gasteiger partial charge in [-0.05, 0) is 13.3 Å². The minimum atomic E-state index is -0.894. The highest BCUT2D eigenvalue weighted by atomic mass is 35.5. The number of nitrogens with two attached hydrogens (primary N) is 1. The number of carbonyl (C=O) groups is 2. The molecule has 1 unspecified atom stereocenters. The van der Waals surface area contributed by atoms with Crippen molar-refractivity contribution in [3.05, 3.63) is 0 Å². The molecule has 0 aliphatic carbocycles. The summed E-state index contributed by atoms with van der Waals surface area (Å²) in [4.78, 5) is 27.4. The lowest BCUT2D eigenvalue weighted by atomic mass is 9.96. The van der Waals surface area contributed by atoms with E-state index >= 15 is 0 Å². The molecule has 0 aromatic heterocycles. The van der Waals surface area contributed by atoms with E-state index in [2.05, 4.69) is 0 Å². The highest BCUT2D eigenvalue weighted by Gasteiger charge is 2.31. The fourth-order valence-corrected chi connectivity index (χ4v) is 2.25. The van der Waals surface area contributed by atoms with Crippen LogP contribution in [0, 0.1) is 0 Å². The van der Waals surface area contributed by atoms with Crippen LogP contribution in [0.1, 0.15) is 26.7 Å². The quantitative estimate of drug-likeness (QED) is 0.789. The van der Waals surface area contributed by atoms with Crippen molar-refractivity contribution in [3.63, 3.8) is 0 Å². The standard InChI is InChI=1S/C13H25N3O3.ClH/c1-4-5-13(2,14)12(18)15(3)10-11(17)16-6-8-19-9-7-16;/h4-10,14H2,1-3H3;1H. The Morgan fingerprint density at radius 2 is 1.90 bits per heavy atom. The van der Waals surface area contributed by atoms with E-state index in [4.69, 9.17) is 10.5 Å². The highest BCUT2D eigenvalue weighted by Crippen LogP contribution is 2.12. The van der Waals surface area contributed by atoms with Gasteiger partial charge >= 0.3 is 0 Å². The number of likely N-dealkylation sites (N-methyl/N-ethyl adjacent to an activating group) is 1. The number of halogens is 1. The number of morpholine rings is 1. The third-order valence-corrected chi connectivity index (χ3v) is 3.34. The van der Waals surface area contributed by atoms with Crippen LogP contribution in [-0.4, -0.2) is 67.0 Å². The van der Waals surface area contributed by atoms with Gasteiger partial charge in [0, 0.05) is 20.1 Å². The van der Waals surface area contributed by atoms with Crippen molar-refractivity contribution in [1.82, 2.24) is 9.80 Å². The molecule has 0 spiro atoms. The average molecular weight is 308 g/mol. The molecule has 0 aromatic carbocycles. The first-order chi connectivity index (χ1) is 8.88. The normalized spacial score (nSPS) is 17.9. The maximum Gasteiger partial charge on any atom is 0.242 e. The summed E-state index contributed by atoms with van der Waals surface area (Å²) in [6, 6.07) is 0. The van der Waals surface area contributed by atoms with Crippen LogP contribution < -0.4 is 5.73 Å². The second-order valence-electron chi connectivity index (χ2n) is 5.32. The van der Waals surface area contributed by atoms with Gasteiger partial charge in [-0.2, -0.15) is 0 Å². The summed E-state index contributed by atoms with van der Waals surface area (Å²) in [6.07, 6.45) is 1.45. The molecule has 1 heterocycles. The predicted molar refractivity (Wildman–Crippen MR) is 79.8 cm³/mol. The van der Waals surface area contributed by atoms with Gasteiger partial charge in [-0.15, -0.1) is 12.4 Å². The van der Waals surface area contributed by atoms with Crippen molar-refractivity contribution < 1.29 is 14.3 Å². The van der Waals surface area contributed by atoms with Crippen molar-refractivity contribution in [2.24, 2.45) is 5.73 Å². The summed E-state index contributed by atoms with van der Waals surface area (Å²) in [5, 5.41) is 0. The Bertz CT molecular complexity index is 331. The Morgan fingerprint density at radius 1 is 1.35 bits per heavy atom. The molecule has 1 saturated heterocycles. The summed E-state index contributed by atoms with van der Waals surface area (Å²) in [5.74, 6) is -0.234. The topological polar surface area (TPSA) is 75.9 Å². The van der Waals surface area contributed by atoms with Gasteiger partial charge in [-0.25, -0.2) is 0 Å². The van der Waals surface area contributed by atoms with E-state index in [0.29, 0.717) is 32.7 Å². The average Bonchev–Trinajstić information content (AvgIpc) is 2.38. The van der Waals surface area contributed by atoms with E-state index in [1.807, 2.05) is 6.92 Å². The van der Waals surface area contributed by atoms with Crippen LogP contribution in [-0.2, 0) is 14.3 Å². The van der Waals surface area contributed by atoms with E-state index in [1.54, 1.807) is 18.9 Å². The Labute approximate surface area is 127 Å². The molecule has 20 heavy (non-hydrogen) atoms. The molecular weight excluding hydrogens is 282 g/mol. The monoisotopic (exact) mass is 307 g/mol. The first-order valence-corrected chi connectivity index (χ1v) is 6.78. The second kappa shape index (κ2) is 8.44. The zero-order valence-corrected chi connectivity index (χ0v) is 13.4. The molecule has 0 saturated carbocycles. The molecule has 1 atom stereocenters. The number of rotatable bonds is 5. The molecule has 7 heteroatoms. The van der Waals surface area contributed by atoms with Gasteiger partial charge in [-0.3, -0.25) is 9.59 Å². The summed E-state index contributed by atoms with van der Waals surface area (Å²) in [7, 11) is 1.63. The van der Waals surface area contributed by atoms with Crippen LogP contribution in [0.15, 0.2) is 0 Å². The van der Waals surface area contributed by atoms with E-state index in [1.165, 1.54) is 4.90 Å². The maximum atomic E-state index is 12.2. The molecule has 0 bridgehead atoms. The fourth-order valence-electron chi connectivity index (χ4n) is 2.25. The molecule has 2 amide bonds. The van der Waals surface area contributed by atoms with Crippen molar-refractivity contribution in [1.29, 1.82) is 0 Å². The van der Waals surface area contributed by atoms with Gasteiger partial charge in [-0.1, -0.05) is 13.3 Å². The second-order valence-corrected chi connectivity index (χ2v) is 5.32. The lowest BCUT2D eigenvalue weighted by molar-refractivity contribution is -0.144. The third-order valence-electron chi connectivity index (χ3n) is 3.34. The van der Waals surface area contributed by atoms with Gasteiger partial charge < -0.3 is 20.3 Å². The van der Waals surface area contributed by atoms with Crippen LogP contribution >= 0.6 is 12.4 Å². The van der Waals surface area contributed by atoms with Gasteiger partial charge in [0.2, 0.25) is 11.8 Å². The Balaban J connectivity index is 0.00000361. The van der Waals surface area contributed by atoms with Crippen molar-refractivity contribution in [2.45, 2.75) is 32.2 Å². The SMILES string of the molecule is CCCC(C)(N)C(=O)N(C)CC(=O)N1CCOCC1.Cl. The number of ether oxygens (including phenoxy) is 1. The van der Waals surface area contributed by atoms with Crippen LogP contribution in [0.5, 0.6) is 0 Å². The minimum Gasteiger partial charge on any atom is -0.378 e. The van der Waals surface area contributed by atoms with Gasteiger partial charge in [0.25, 0.3) is 0 Å². The van der Waals surface area contributed by atoms with E-state index in [0.717, 1.165) is 6.42 Å². The number of hydrogen-bond donors (Lipinski definition) is 1. The highest BCUT2D eigenvalue weighted by molar-refractivity contribution is 5.89. The van der Waals surface area contributed by atoms with Gasteiger partial charge in [0.15, 0.2) is 0 Å². The summed E-state index contributed by atoms with van der Waals surface area (Å²) in [6.45, 7) is 6.09. The zero-order valence-electron chi connectivity index (χ0n) is 12.6. The minimum absolute atomic E-state index is 0. The van der Waals surface area contributed by atoms with E-state index in [9.17, 15) is 9.59 Å². The van der Waals surface area contributed by atoms with Crippen molar-refractivity contribution >= 4 is 24.2 Å². The van der Waals surface area contributed by atoms with Crippen LogP contribution in [0.25, 0.3) is 0 Å². The molecule has 1 aliphatic rings. The zero-order chi connectivity index (χ0) is 14.5. The summed E-state index contributed by atoms with van der Waals surface area (Å²) >= 11 is 0. The van der Waals surface area contributed by atoms with Crippen molar-refractivity contribution in [2.75, 3.05) is 39.9 Å². The summed E-state index contributed by atoms with van der Waals surface area (Å²) < 4.78 is 5.19. The first-order valence-electron chi connectivity index (χ1n) is 6.78. The maximum absolute atomic E-state index is 12.2. The Morgan fingerprint density at radius 3 is 2.40 bits per heavy atom. The smallest absolute Gasteiger partial charge is 0.242 e. The van der Waals surface area contributed by atoms with Gasteiger partial charge in [0.1, 0.15) is 0 Å². The first kappa shape index (κ1) is 19.1. The third kappa shape index (κ3) is 5.26. The van der Waals surface area contributed by atoms with Crippen molar-refractivity contribution in [3.8, 4) is 0 Å². The molecule has 0 radical (unpaired) electrons. The predicted octanol–water partition coefficient (Wildman–Crippen LogP) is 0.243. The molecular formula is C13H26ClN3O3. The molecule has 6 nitrogen and oxygen atoms in total.